The molecule has 0 radical (unpaired) electrons. The average Bonchev–Trinajstić information content (AvgIpc) is 2.97. The van der Waals surface area contributed by atoms with Gasteiger partial charge in [-0.2, -0.15) is 0 Å². The molecule has 1 N–H and O–H groups in total. The van der Waals surface area contributed by atoms with Gasteiger partial charge in [-0.3, -0.25) is 4.98 Å². The Labute approximate surface area is 137 Å². The number of aliphatic hydroxyl groups excluding tert-OH is 1. The molecule has 3 nitrogen and oxygen atoms in total. The van der Waals surface area contributed by atoms with Crippen LogP contribution in [0.2, 0.25) is 5.09 Å². The zero-order valence-corrected chi connectivity index (χ0v) is 13.6. The Kier molecular flexibility index (Phi) is 8.45. The SMILES string of the molecule is CCc1ccc(C(O)c2cccc(C)n2)o1.[Li][CH2]CCC. The number of rotatable bonds is 5. The Balaban J connectivity index is 0.000000383. The van der Waals surface area contributed by atoms with Crippen LogP contribution in [0, 0.1) is 6.92 Å². The topological polar surface area (TPSA) is 46.3 Å². The first kappa shape index (κ1) is 18.0. The predicted molar refractivity (Wildman–Crippen MR) is 86.6 cm³/mol. The second-order valence-corrected chi connectivity index (χ2v) is 5.12. The molecule has 2 rings (SSSR count). The monoisotopic (exact) mass is 281 g/mol. The molecule has 0 aliphatic carbocycles. The van der Waals surface area contributed by atoms with Crippen LogP contribution in [0.4, 0.5) is 0 Å². The third-order valence-corrected chi connectivity index (χ3v) is 3.20. The number of aryl methyl sites for hydroxylation is 2. The average molecular weight is 281 g/mol. The van der Waals surface area contributed by atoms with Crippen molar-refractivity contribution in [3.63, 3.8) is 0 Å². The molecule has 0 fully saturated rings. The Bertz CT molecular complexity index is 523. The Morgan fingerprint density at radius 1 is 1.24 bits per heavy atom. The molecule has 2 heterocycles. The van der Waals surface area contributed by atoms with Gasteiger partial charge < -0.3 is 9.52 Å². The molecular formula is C17H24LiNO2. The van der Waals surface area contributed by atoms with Gasteiger partial charge >= 0.3 is 42.6 Å². The fraction of sp³-hybridized carbons (Fsp3) is 0.471. The van der Waals surface area contributed by atoms with Crippen molar-refractivity contribution in [3.05, 3.63) is 53.2 Å². The molecule has 0 spiro atoms. The van der Waals surface area contributed by atoms with E-state index in [2.05, 4.69) is 29.6 Å². The van der Waals surface area contributed by atoms with E-state index in [1.165, 1.54) is 17.9 Å². The standard InChI is InChI=1S/C13H15NO2.C4H9.Li/c1-3-10-7-8-12(16-10)13(15)11-6-4-5-9(2)14-11;1-3-4-2;/h4-8,13,15H,3H2,1-2H3;1,3-4H2,2H3;. The number of furan rings is 1. The number of aliphatic hydroxyl groups is 1. The van der Waals surface area contributed by atoms with Crippen molar-refractivity contribution in [2.24, 2.45) is 0 Å². The van der Waals surface area contributed by atoms with Crippen molar-refractivity contribution in [1.82, 2.24) is 4.98 Å². The number of hydrogen-bond donors (Lipinski definition) is 1. The van der Waals surface area contributed by atoms with Crippen LogP contribution in [0.5, 0.6) is 0 Å². The van der Waals surface area contributed by atoms with Gasteiger partial charge in [-0.15, -0.1) is 0 Å². The van der Waals surface area contributed by atoms with Gasteiger partial charge in [-0.25, -0.2) is 0 Å². The molecule has 0 aliphatic heterocycles. The molecule has 1 atom stereocenters. The third kappa shape index (κ3) is 6.09. The maximum absolute atomic E-state index is 10.1. The molecule has 4 heteroatoms. The van der Waals surface area contributed by atoms with E-state index in [0.717, 1.165) is 17.9 Å². The van der Waals surface area contributed by atoms with E-state index >= 15 is 0 Å². The Hall–Kier alpha value is -1.01. The van der Waals surface area contributed by atoms with Crippen molar-refractivity contribution in [2.75, 3.05) is 0 Å². The first-order valence-corrected chi connectivity index (χ1v) is 7.82. The second kappa shape index (κ2) is 9.84. The van der Waals surface area contributed by atoms with E-state index in [4.69, 9.17) is 4.42 Å². The van der Waals surface area contributed by atoms with Crippen LogP contribution in [-0.2, 0) is 6.42 Å². The second-order valence-electron chi connectivity index (χ2n) is 5.12. The molecule has 0 saturated carbocycles. The maximum atomic E-state index is 10.1. The van der Waals surface area contributed by atoms with Gasteiger partial charge in [0.1, 0.15) is 11.5 Å². The van der Waals surface area contributed by atoms with E-state index in [0.29, 0.717) is 11.5 Å². The first-order chi connectivity index (χ1) is 10.1. The number of aromatic nitrogens is 1. The summed E-state index contributed by atoms with van der Waals surface area (Å²) < 4.78 is 5.50. The zero-order chi connectivity index (χ0) is 15.7. The zero-order valence-electron chi connectivity index (χ0n) is 13.6. The van der Waals surface area contributed by atoms with E-state index in [9.17, 15) is 5.11 Å². The molecule has 0 amide bonds. The number of unbranched alkanes of at least 4 members (excludes halogenated alkanes) is 1. The molecule has 2 aromatic heterocycles. The van der Waals surface area contributed by atoms with Gasteiger partial charge in [0.15, 0.2) is 6.10 Å². The summed E-state index contributed by atoms with van der Waals surface area (Å²) in [4.78, 5) is 4.27. The minimum absolute atomic E-state index is 0.551. The van der Waals surface area contributed by atoms with Crippen LogP contribution in [0.3, 0.4) is 0 Å². The quantitative estimate of drug-likeness (QED) is 0.843. The van der Waals surface area contributed by atoms with E-state index < -0.39 is 6.10 Å². The van der Waals surface area contributed by atoms with E-state index in [1.54, 1.807) is 12.1 Å². The van der Waals surface area contributed by atoms with Crippen molar-refractivity contribution < 1.29 is 9.52 Å². The fourth-order valence-corrected chi connectivity index (χ4v) is 1.95. The summed E-state index contributed by atoms with van der Waals surface area (Å²) in [6.45, 7) is 6.12. The van der Waals surface area contributed by atoms with Gasteiger partial charge in [-0.05, 0) is 31.2 Å². The van der Waals surface area contributed by atoms with Crippen molar-refractivity contribution in [1.29, 1.82) is 0 Å². The minimum atomic E-state index is -0.778. The Morgan fingerprint density at radius 2 is 2.00 bits per heavy atom. The molecular weight excluding hydrogens is 257 g/mol. The van der Waals surface area contributed by atoms with Crippen molar-refractivity contribution >= 4 is 17.7 Å². The Morgan fingerprint density at radius 3 is 2.48 bits per heavy atom. The van der Waals surface area contributed by atoms with Gasteiger partial charge in [0.2, 0.25) is 0 Å². The predicted octanol–water partition coefficient (Wildman–Crippen LogP) is 4.00. The van der Waals surface area contributed by atoms with Gasteiger partial charge in [0.25, 0.3) is 0 Å². The third-order valence-electron chi connectivity index (χ3n) is 3.20. The number of hydrogen-bond acceptors (Lipinski definition) is 3. The van der Waals surface area contributed by atoms with Crippen LogP contribution in [0.15, 0.2) is 34.7 Å². The summed E-state index contributed by atoms with van der Waals surface area (Å²) in [6, 6.07) is 9.26. The van der Waals surface area contributed by atoms with Gasteiger partial charge in [-0.1, -0.05) is 13.0 Å². The molecule has 2 aromatic rings. The van der Waals surface area contributed by atoms with Crippen LogP contribution >= 0.6 is 0 Å². The molecule has 21 heavy (non-hydrogen) atoms. The molecule has 110 valence electrons. The first-order valence-electron chi connectivity index (χ1n) is 7.82. The van der Waals surface area contributed by atoms with Crippen molar-refractivity contribution in [2.45, 2.75) is 51.2 Å². The van der Waals surface area contributed by atoms with E-state index in [-0.39, 0.29) is 0 Å². The van der Waals surface area contributed by atoms with Crippen LogP contribution in [0.1, 0.15) is 55.7 Å². The fourth-order valence-electron chi connectivity index (χ4n) is 1.95. The normalized spacial score (nSPS) is 11.7. The molecule has 0 aliphatic rings. The molecule has 1 unspecified atom stereocenters. The molecule has 0 saturated heterocycles. The van der Waals surface area contributed by atoms with Crippen LogP contribution in [0.25, 0.3) is 0 Å². The van der Waals surface area contributed by atoms with Gasteiger partial charge in [0.05, 0.1) is 5.69 Å². The van der Waals surface area contributed by atoms with Crippen molar-refractivity contribution in [3.8, 4) is 0 Å². The molecule has 0 bridgehead atoms. The summed E-state index contributed by atoms with van der Waals surface area (Å²) in [5, 5.41) is 11.4. The summed E-state index contributed by atoms with van der Waals surface area (Å²) >= 11 is 2.21. The summed E-state index contributed by atoms with van der Waals surface area (Å²) in [7, 11) is 0. The summed E-state index contributed by atoms with van der Waals surface area (Å²) in [6.07, 6.45) is 2.78. The van der Waals surface area contributed by atoms with Gasteiger partial charge in [0, 0.05) is 12.1 Å². The van der Waals surface area contributed by atoms with Crippen LogP contribution < -0.4 is 0 Å². The number of nitrogens with zero attached hydrogens (tertiary/aromatic N) is 1. The summed E-state index contributed by atoms with van der Waals surface area (Å²) in [5.74, 6) is 1.43. The summed E-state index contributed by atoms with van der Waals surface area (Å²) in [5.41, 5.74) is 1.51. The number of pyridine rings is 1. The molecule has 0 aromatic carbocycles. The van der Waals surface area contributed by atoms with Crippen LogP contribution in [-0.4, -0.2) is 27.8 Å². The van der Waals surface area contributed by atoms with E-state index in [1.807, 2.05) is 32.0 Å².